The molecule has 1 N–H and O–H groups in total. The second kappa shape index (κ2) is 6.27. The number of rotatable bonds is 4. The molecule has 1 fully saturated rings. The van der Waals surface area contributed by atoms with Crippen LogP contribution in [0.5, 0.6) is 5.75 Å². The van der Waals surface area contributed by atoms with Crippen molar-refractivity contribution in [3.05, 3.63) is 29.8 Å². The summed E-state index contributed by atoms with van der Waals surface area (Å²) in [4.78, 5) is 0. The van der Waals surface area contributed by atoms with Crippen LogP contribution in [0.4, 0.5) is 0 Å². The first-order valence-corrected chi connectivity index (χ1v) is 6.22. The van der Waals surface area contributed by atoms with E-state index >= 15 is 0 Å². The van der Waals surface area contributed by atoms with Crippen LogP contribution in [0.2, 0.25) is 0 Å². The van der Waals surface area contributed by atoms with Crippen LogP contribution in [0.25, 0.3) is 0 Å². The molecule has 0 radical (unpaired) electrons. The highest BCUT2D eigenvalue weighted by Gasteiger charge is 2.12. The zero-order valence-corrected chi connectivity index (χ0v) is 9.98. The summed E-state index contributed by atoms with van der Waals surface area (Å²) in [6, 6.07) is 9.39. The van der Waals surface area contributed by atoms with Crippen LogP contribution < -0.4 is 10.1 Å². The van der Waals surface area contributed by atoms with E-state index in [4.69, 9.17) is 10.00 Å². The van der Waals surface area contributed by atoms with E-state index in [1.165, 1.54) is 12.8 Å². The van der Waals surface area contributed by atoms with Crippen molar-refractivity contribution in [2.45, 2.75) is 19.3 Å². The highest BCUT2D eigenvalue weighted by Crippen LogP contribution is 2.16. The van der Waals surface area contributed by atoms with Gasteiger partial charge in [-0.3, -0.25) is 0 Å². The van der Waals surface area contributed by atoms with Crippen molar-refractivity contribution < 1.29 is 4.74 Å². The molecule has 17 heavy (non-hydrogen) atoms. The molecule has 0 saturated carbocycles. The van der Waals surface area contributed by atoms with Gasteiger partial charge in [0.2, 0.25) is 0 Å². The SMILES string of the molecule is N#Cc1ccc(OCCC2CCCNC2)cc1. The largest absolute Gasteiger partial charge is 0.494 e. The topological polar surface area (TPSA) is 45.0 Å². The molecular weight excluding hydrogens is 212 g/mol. The predicted octanol–water partition coefficient (Wildman–Crippen LogP) is 2.33. The van der Waals surface area contributed by atoms with E-state index in [1.54, 1.807) is 12.1 Å². The summed E-state index contributed by atoms with van der Waals surface area (Å²) < 4.78 is 5.67. The van der Waals surface area contributed by atoms with Gasteiger partial charge in [-0.2, -0.15) is 5.26 Å². The van der Waals surface area contributed by atoms with Gasteiger partial charge in [-0.1, -0.05) is 0 Å². The number of benzene rings is 1. The zero-order chi connectivity index (χ0) is 11.9. The zero-order valence-electron chi connectivity index (χ0n) is 9.98. The molecule has 0 spiro atoms. The van der Waals surface area contributed by atoms with E-state index in [9.17, 15) is 0 Å². The average Bonchev–Trinajstić information content (AvgIpc) is 2.41. The number of hydrogen-bond acceptors (Lipinski definition) is 3. The summed E-state index contributed by atoms with van der Waals surface area (Å²) in [6.45, 7) is 3.04. The molecule has 90 valence electrons. The van der Waals surface area contributed by atoms with Crippen molar-refractivity contribution in [3.8, 4) is 11.8 Å². The van der Waals surface area contributed by atoms with Crippen molar-refractivity contribution in [1.82, 2.24) is 5.32 Å². The van der Waals surface area contributed by atoms with Crippen molar-refractivity contribution in [1.29, 1.82) is 5.26 Å². The van der Waals surface area contributed by atoms with Crippen LogP contribution in [0.1, 0.15) is 24.8 Å². The molecule has 1 heterocycles. The second-order valence-corrected chi connectivity index (χ2v) is 4.49. The molecule has 1 saturated heterocycles. The molecule has 1 aromatic rings. The first-order valence-electron chi connectivity index (χ1n) is 6.22. The minimum Gasteiger partial charge on any atom is -0.494 e. The Hall–Kier alpha value is -1.53. The monoisotopic (exact) mass is 230 g/mol. The van der Waals surface area contributed by atoms with Gasteiger partial charge < -0.3 is 10.1 Å². The van der Waals surface area contributed by atoms with Gasteiger partial charge in [0, 0.05) is 0 Å². The number of nitrogens with one attached hydrogen (secondary N) is 1. The Balaban J connectivity index is 1.72. The van der Waals surface area contributed by atoms with Crippen LogP contribution in [0.3, 0.4) is 0 Å². The van der Waals surface area contributed by atoms with Crippen LogP contribution in [0, 0.1) is 17.2 Å². The first-order chi connectivity index (χ1) is 8.38. The lowest BCUT2D eigenvalue weighted by atomic mass is 9.97. The first kappa shape index (κ1) is 11.9. The molecular formula is C14H18N2O. The third kappa shape index (κ3) is 3.76. The number of nitrogens with zero attached hydrogens (tertiary/aromatic N) is 1. The molecule has 0 aromatic heterocycles. The lowest BCUT2D eigenvalue weighted by molar-refractivity contribution is 0.254. The summed E-state index contributed by atoms with van der Waals surface area (Å²) in [5.74, 6) is 1.61. The molecule has 1 aromatic carbocycles. The number of hydrogen-bond donors (Lipinski definition) is 1. The molecule has 0 amide bonds. The fourth-order valence-corrected chi connectivity index (χ4v) is 2.14. The van der Waals surface area contributed by atoms with E-state index in [2.05, 4.69) is 11.4 Å². The van der Waals surface area contributed by atoms with Gasteiger partial charge in [0.25, 0.3) is 0 Å². The molecule has 3 nitrogen and oxygen atoms in total. The lowest BCUT2D eigenvalue weighted by Gasteiger charge is -2.22. The van der Waals surface area contributed by atoms with Gasteiger partial charge in [-0.15, -0.1) is 0 Å². The number of nitriles is 1. The maximum absolute atomic E-state index is 8.68. The van der Waals surface area contributed by atoms with Gasteiger partial charge in [0.05, 0.1) is 18.2 Å². The third-order valence-corrected chi connectivity index (χ3v) is 3.18. The molecule has 3 heteroatoms. The fraction of sp³-hybridized carbons (Fsp3) is 0.500. The van der Waals surface area contributed by atoms with Crippen LogP contribution in [-0.2, 0) is 0 Å². The average molecular weight is 230 g/mol. The normalized spacial score (nSPS) is 19.6. The Morgan fingerprint density at radius 2 is 2.18 bits per heavy atom. The summed E-state index contributed by atoms with van der Waals surface area (Å²) >= 11 is 0. The maximum Gasteiger partial charge on any atom is 0.119 e. The van der Waals surface area contributed by atoms with E-state index in [0.29, 0.717) is 5.56 Å². The van der Waals surface area contributed by atoms with Crippen molar-refractivity contribution in [2.24, 2.45) is 5.92 Å². The summed E-state index contributed by atoms with van der Waals surface area (Å²) in [5, 5.41) is 12.1. The lowest BCUT2D eigenvalue weighted by Crippen LogP contribution is -2.30. The van der Waals surface area contributed by atoms with E-state index in [-0.39, 0.29) is 0 Å². The predicted molar refractivity (Wildman–Crippen MR) is 66.9 cm³/mol. The molecule has 0 aliphatic carbocycles. The van der Waals surface area contributed by atoms with Crippen LogP contribution in [-0.4, -0.2) is 19.7 Å². The van der Waals surface area contributed by atoms with Crippen LogP contribution >= 0.6 is 0 Å². The minimum atomic E-state index is 0.675. The molecule has 2 rings (SSSR count). The van der Waals surface area contributed by atoms with Gasteiger partial charge >= 0.3 is 0 Å². The molecule has 1 aliphatic heterocycles. The standard InChI is InChI=1S/C14H18N2O/c15-10-12-3-5-14(6-4-12)17-9-7-13-2-1-8-16-11-13/h3-6,13,16H,1-2,7-9,11H2. The molecule has 1 unspecified atom stereocenters. The van der Waals surface area contributed by atoms with E-state index < -0.39 is 0 Å². The Kier molecular flexibility index (Phi) is 4.40. The smallest absolute Gasteiger partial charge is 0.119 e. The molecule has 1 atom stereocenters. The van der Waals surface area contributed by atoms with Gasteiger partial charge in [0.15, 0.2) is 0 Å². The van der Waals surface area contributed by atoms with Gasteiger partial charge in [-0.25, -0.2) is 0 Å². The van der Waals surface area contributed by atoms with Gasteiger partial charge in [-0.05, 0) is 62.5 Å². The Morgan fingerprint density at radius 1 is 1.35 bits per heavy atom. The molecule has 1 aliphatic rings. The summed E-state index contributed by atoms with van der Waals surface area (Å²) in [6.07, 6.45) is 3.69. The number of ether oxygens (including phenoxy) is 1. The van der Waals surface area contributed by atoms with Gasteiger partial charge in [0.1, 0.15) is 5.75 Å². The Labute approximate surface area is 102 Å². The fourth-order valence-electron chi connectivity index (χ4n) is 2.14. The number of piperidine rings is 1. The Bertz CT molecular complexity index is 374. The highest BCUT2D eigenvalue weighted by molar-refractivity contribution is 5.34. The maximum atomic E-state index is 8.68. The van der Waals surface area contributed by atoms with Crippen LogP contribution in [0.15, 0.2) is 24.3 Å². The Morgan fingerprint density at radius 3 is 2.82 bits per heavy atom. The second-order valence-electron chi connectivity index (χ2n) is 4.49. The summed E-state index contributed by atoms with van der Waals surface area (Å²) in [5.41, 5.74) is 0.675. The van der Waals surface area contributed by atoms with E-state index in [1.807, 2.05) is 12.1 Å². The highest BCUT2D eigenvalue weighted by atomic mass is 16.5. The van der Waals surface area contributed by atoms with Crippen molar-refractivity contribution in [2.75, 3.05) is 19.7 Å². The van der Waals surface area contributed by atoms with E-state index in [0.717, 1.165) is 37.8 Å². The van der Waals surface area contributed by atoms with Crippen molar-refractivity contribution in [3.63, 3.8) is 0 Å². The molecule has 0 bridgehead atoms. The van der Waals surface area contributed by atoms with Crippen molar-refractivity contribution >= 4 is 0 Å². The quantitative estimate of drug-likeness (QED) is 0.863. The summed E-state index contributed by atoms with van der Waals surface area (Å²) in [7, 11) is 0. The minimum absolute atomic E-state index is 0.675. The third-order valence-electron chi connectivity index (χ3n) is 3.18.